The molecule has 0 aromatic carbocycles. The van der Waals surface area contributed by atoms with Crippen LogP contribution in [0.25, 0.3) is 0 Å². The van der Waals surface area contributed by atoms with E-state index in [-0.39, 0.29) is 0 Å². The van der Waals surface area contributed by atoms with Crippen molar-refractivity contribution >= 4 is 11.8 Å². The third-order valence-electron chi connectivity index (χ3n) is 2.78. The molecule has 6 heteroatoms. The summed E-state index contributed by atoms with van der Waals surface area (Å²) in [6, 6.07) is 5.46. The van der Waals surface area contributed by atoms with Crippen LogP contribution in [0.4, 0.5) is 10.5 Å². The molecule has 88 valence electrons. The highest BCUT2D eigenvalue weighted by atomic mass is 16.4. The van der Waals surface area contributed by atoms with Gasteiger partial charge in [-0.2, -0.15) is 5.26 Å². The van der Waals surface area contributed by atoms with E-state index in [0.717, 1.165) is 5.69 Å². The molecule has 0 saturated carbocycles. The van der Waals surface area contributed by atoms with Crippen LogP contribution in [0.3, 0.4) is 0 Å². The van der Waals surface area contributed by atoms with E-state index in [1.54, 1.807) is 12.3 Å². The lowest BCUT2D eigenvalue weighted by atomic mass is 10.2. The topological polar surface area (TPSA) is 80.5 Å². The Kier molecular flexibility index (Phi) is 3.10. The molecule has 1 aliphatic heterocycles. The first-order valence-electron chi connectivity index (χ1n) is 5.29. The number of rotatable bonds is 1. The molecule has 0 spiro atoms. The second kappa shape index (κ2) is 4.70. The van der Waals surface area contributed by atoms with E-state index in [2.05, 4.69) is 9.88 Å². The Morgan fingerprint density at radius 2 is 2.06 bits per heavy atom. The fourth-order valence-corrected chi connectivity index (χ4v) is 1.80. The molecule has 0 atom stereocenters. The molecule has 0 radical (unpaired) electrons. The maximum Gasteiger partial charge on any atom is 0.407 e. The summed E-state index contributed by atoms with van der Waals surface area (Å²) in [6.45, 7) is 2.30. The summed E-state index contributed by atoms with van der Waals surface area (Å²) < 4.78 is 0. The number of aromatic nitrogens is 1. The van der Waals surface area contributed by atoms with Gasteiger partial charge < -0.3 is 14.9 Å². The molecule has 17 heavy (non-hydrogen) atoms. The predicted molar refractivity (Wildman–Crippen MR) is 60.8 cm³/mol. The monoisotopic (exact) mass is 232 g/mol. The molecule has 1 aromatic rings. The van der Waals surface area contributed by atoms with Crippen LogP contribution in [-0.4, -0.2) is 47.3 Å². The summed E-state index contributed by atoms with van der Waals surface area (Å²) in [7, 11) is 0. The molecule has 1 amide bonds. The van der Waals surface area contributed by atoms with Crippen LogP contribution in [-0.2, 0) is 0 Å². The van der Waals surface area contributed by atoms with Crippen molar-refractivity contribution in [3.63, 3.8) is 0 Å². The quantitative estimate of drug-likeness (QED) is 0.772. The van der Waals surface area contributed by atoms with E-state index in [9.17, 15) is 4.79 Å². The molecular weight excluding hydrogens is 220 g/mol. The van der Waals surface area contributed by atoms with Crippen LogP contribution < -0.4 is 4.90 Å². The molecule has 6 nitrogen and oxygen atoms in total. The van der Waals surface area contributed by atoms with Gasteiger partial charge in [-0.1, -0.05) is 0 Å². The maximum atomic E-state index is 10.7. The molecule has 1 aromatic heterocycles. The van der Waals surface area contributed by atoms with E-state index in [1.165, 1.54) is 4.90 Å². The molecule has 0 unspecified atom stereocenters. The van der Waals surface area contributed by atoms with Crippen molar-refractivity contribution in [3.8, 4) is 6.07 Å². The number of anilines is 1. The number of hydrogen-bond acceptors (Lipinski definition) is 4. The lowest BCUT2D eigenvalue weighted by Gasteiger charge is -2.34. The predicted octanol–water partition coefficient (Wildman–Crippen LogP) is 0.753. The molecule has 1 N–H and O–H groups in total. The Hall–Kier alpha value is -2.29. The van der Waals surface area contributed by atoms with Gasteiger partial charge in [0.1, 0.15) is 11.8 Å². The van der Waals surface area contributed by atoms with E-state index >= 15 is 0 Å². The van der Waals surface area contributed by atoms with Crippen LogP contribution in [0, 0.1) is 11.3 Å². The second-order valence-corrected chi connectivity index (χ2v) is 3.77. The van der Waals surface area contributed by atoms with Gasteiger partial charge in [-0.15, -0.1) is 0 Å². The number of amides is 1. The minimum Gasteiger partial charge on any atom is -0.465 e. The Bertz CT molecular complexity index is 444. The molecular formula is C11H12N4O2. The van der Waals surface area contributed by atoms with E-state index in [4.69, 9.17) is 10.4 Å². The normalized spacial score (nSPS) is 15.5. The van der Waals surface area contributed by atoms with Crippen LogP contribution >= 0.6 is 0 Å². The zero-order valence-corrected chi connectivity index (χ0v) is 9.20. The minimum absolute atomic E-state index is 0.387. The third kappa shape index (κ3) is 2.45. The van der Waals surface area contributed by atoms with Crippen molar-refractivity contribution in [2.45, 2.75) is 0 Å². The lowest BCUT2D eigenvalue weighted by Crippen LogP contribution is -2.48. The van der Waals surface area contributed by atoms with Gasteiger partial charge in [0.05, 0.1) is 11.9 Å². The van der Waals surface area contributed by atoms with Crippen LogP contribution in [0.5, 0.6) is 0 Å². The van der Waals surface area contributed by atoms with Crippen molar-refractivity contribution in [2.75, 3.05) is 31.1 Å². The van der Waals surface area contributed by atoms with Gasteiger partial charge in [0.2, 0.25) is 0 Å². The highest BCUT2D eigenvalue weighted by Crippen LogP contribution is 2.15. The SMILES string of the molecule is N#Cc1ccc(N2CCN(C(=O)O)CC2)cn1. The first kappa shape index (κ1) is 11.2. The maximum absolute atomic E-state index is 10.7. The van der Waals surface area contributed by atoms with Gasteiger partial charge in [-0.25, -0.2) is 9.78 Å². The highest BCUT2D eigenvalue weighted by molar-refractivity contribution is 5.65. The lowest BCUT2D eigenvalue weighted by molar-refractivity contribution is 0.142. The minimum atomic E-state index is -0.873. The largest absolute Gasteiger partial charge is 0.465 e. The van der Waals surface area contributed by atoms with Crippen molar-refractivity contribution in [2.24, 2.45) is 0 Å². The van der Waals surface area contributed by atoms with Crippen molar-refractivity contribution in [1.29, 1.82) is 5.26 Å². The molecule has 0 aliphatic carbocycles. The summed E-state index contributed by atoms with van der Waals surface area (Å²) in [5.41, 5.74) is 1.31. The van der Waals surface area contributed by atoms with E-state index in [1.807, 2.05) is 12.1 Å². The zero-order chi connectivity index (χ0) is 12.3. The molecule has 0 bridgehead atoms. The Morgan fingerprint density at radius 3 is 2.53 bits per heavy atom. The first-order valence-corrected chi connectivity index (χ1v) is 5.29. The second-order valence-electron chi connectivity index (χ2n) is 3.77. The third-order valence-corrected chi connectivity index (χ3v) is 2.78. The first-order chi connectivity index (χ1) is 8.20. The fourth-order valence-electron chi connectivity index (χ4n) is 1.80. The summed E-state index contributed by atoms with van der Waals surface area (Å²) >= 11 is 0. The number of carbonyl (C=O) groups is 1. The van der Waals surface area contributed by atoms with Crippen molar-refractivity contribution in [1.82, 2.24) is 9.88 Å². The molecule has 1 fully saturated rings. The number of nitrogens with zero attached hydrogens (tertiary/aromatic N) is 4. The Labute approximate surface area is 98.7 Å². The van der Waals surface area contributed by atoms with Gasteiger partial charge in [0.25, 0.3) is 0 Å². The number of nitriles is 1. The van der Waals surface area contributed by atoms with Gasteiger partial charge in [0.15, 0.2) is 0 Å². The zero-order valence-electron chi connectivity index (χ0n) is 9.20. The fraction of sp³-hybridized carbons (Fsp3) is 0.364. The number of piperazine rings is 1. The van der Waals surface area contributed by atoms with Crippen molar-refractivity contribution < 1.29 is 9.90 Å². The smallest absolute Gasteiger partial charge is 0.407 e. The summed E-state index contributed by atoms with van der Waals surface area (Å²) in [6.07, 6.45) is 0.775. The van der Waals surface area contributed by atoms with Gasteiger partial charge in [-0.05, 0) is 12.1 Å². The average molecular weight is 232 g/mol. The Balaban J connectivity index is 2.00. The number of carboxylic acid groups (broad SMARTS) is 1. The molecule has 2 rings (SSSR count). The van der Waals surface area contributed by atoms with Crippen LogP contribution in [0.1, 0.15) is 5.69 Å². The van der Waals surface area contributed by atoms with E-state index in [0.29, 0.717) is 31.9 Å². The van der Waals surface area contributed by atoms with Gasteiger partial charge in [0, 0.05) is 26.2 Å². The summed E-state index contributed by atoms with van der Waals surface area (Å²) in [4.78, 5) is 18.2. The van der Waals surface area contributed by atoms with Crippen molar-refractivity contribution in [3.05, 3.63) is 24.0 Å². The van der Waals surface area contributed by atoms with Crippen LogP contribution in [0.2, 0.25) is 0 Å². The standard InChI is InChI=1S/C11H12N4O2/c12-7-9-1-2-10(8-13-9)14-3-5-15(6-4-14)11(16)17/h1-2,8H,3-6H2,(H,16,17). The molecule has 1 saturated heterocycles. The van der Waals surface area contributed by atoms with E-state index < -0.39 is 6.09 Å². The molecule has 1 aliphatic rings. The highest BCUT2D eigenvalue weighted by Gasteiger charge is 2.20. The summed E-state index contributed by atoms with van der Waals surface area (Å²) in [5, 5.41) is 17.5. The molecule has 2 heterocycles. The van der Waals surface area contributed by atoms with Gasteiger partial charge in [-0.3, -0.25) is 0 Å². The van der Waals surface area contributed by atoms with Gasteiger partial charge >= 0.3 is 6.09 Å². The number of hydrogen-bond donors (Lipinski definition) is 1. The van der Waals surface area contributed by atoms with Crippen LogP contribution in [0.15, 0.2) is 18.3 Å². The number of pyridine rings is 1. The average Bonchev–Trinajstić information content (AvgIpc) is 2.39. The Morgan fingerprint density at radius 1 is 1.35 bits per heavy atom. The summed E-state index contributed by atoms with van der Waals surface area (Å²) in [5.74, 6) is 0.